The van der Waals surface area contributed by atoms with Gasteiger partial charge in [0.25, 0.3) is 0 Å². The number of piperazine rings is 1. The van der Waals surface area contributed by atoms with Gasteiger partial charge in [0.1, 0.15) is 0 Å². The van der Waals surface area contributed by atoms with Crippen molar-refractivity contribution < 1.29 is 0 Å². The van der Waals surface area contributed by atoms with Gasteiger partial charge in [0, 0.05) is 36.2 Å². The fraction of sp³-hybridized carbons (Fsp3) is 0.714. The first-order valence-electron chi connectivity index (χ1n) is 6.54. The van der Waals surface area contributed by atoms with Crippen LogP contribution in [0.2, 0.25) is 0 Å². The van der Waals surface area contributed by atoms with Crippen molar-refractivity contribution in [2.24, 2.45) is 5.41 Å². The van der Waals surface area contributed by atoms with Crippen LogP contribution in [-0.4, -0.2) is 25.2 Å². The van der Waals surface area contributed by atoms with Gasteiger partial charge in [-0.2, -0.15) is 11.3 Å². The first-order chi connectivity index (χ1) is 8.02. The van der Waals surface area contributed by atoms with Crippen molar-refractivity contribution in [3.05, 3.63) is 16.8 Å². The monoisotopic (exact) mass is 252 g/mol. The highest BCUT2D eigenvalue weighted by Gasteiger charge is 2.33. The molecule has 1 aromatic rings. The summed E-state index contributed by atoms with van der Waals surface area (Å²) < 4.78 is 0. The quantitative estimate of drug-likeness (QED) is 0.868. The second kappa shape index (κ2) is 4.99. The van der Waals surface area contributed by atoms with E-state index in [0.717, 1.165) is 13.1 Å². The average Bonchev–Trinajstić information content (AvgIpc) is 2.80. The van der Waals surface area contributed by atoms with E-state index in [-0.39, 0.29) is 0 Å². The van der Waals surface area contributed by atoms with Gasteiger partial charge in [-0.15, -0.1) is 0 Å². The minimum Gasteiger partial charge on any atom is -0.365 e. The number of hydrogen-bond donors (Lipinski definition) is 1. The van der Waals surface area contributed by atoms with Gasteiger partial charge in [-0.05, 0) is 23.3 Å². The molecule has 0 aliphatic carbocycles. The van der Waals surface area contributed by atoms with Gasteiger partial charge in [0.2, 0.25) is 0 Å². The van der Waals surface area contributed by atoms with E-state index in [1.54, 1.807) is 11.3 Å². The molecule has 0 aromatic carbocycles. The Morgan fingerprint density at radius 1 is 1.47 bits per heavy atom. The molecule has 0 saturated carbocycles. The molecular weight excluding hydrogens is 228 g/mol. The fourth-order valence-corrected chi connectivity index (χ4v) is 3.13. The number of nitrogens with zero attached hydrogens (tertiary/aromatic N) is 1. The Bertz CT molecular complexity index is 340. The summed E-state index contributed by atoms with van der Waals surface area (Å²) in [6.45, 7) is 11.5. The molecule has 0 spiro atoms. The lowest BCUT2D eigenvalue weighted by Crippen LogP contribution is -2.60. The maximum absolute atomic E-state index is 3.71. The molecular formula is C14H24N2S. The topological polar surface area (TPSA) is 15.3 Å². The number of rotatable bonds is 2. The van der Waals surface area contributed by atoms with Crippen molar-refractivity contribution in [3.63, 3.8) is 0 Å². The van der Waals surface area contributed by atoms with Crippen molar-refractivity contribution in [3.8, 4) is 0 Å². The molecule has 2 unspecified atom stereocenters. The molecule has 1 fully saturated rings. The SMILES string of the molecule is CCC1CNC(C(C)(C)C)CN1c1ccsc1. The molecule has 1 aliphatic rings. The molecule has 1 aliphatic heterocycles. The predicted octanol–water partition coefficient (Wildman–Crippen LogP) is 3.35. The van der Waals surface area contributed by atoms with Gasteiger partial charge in [-0.25, -0.2) is 0 Å². The third-order valence-corrected chi connectivity index (χ3v) is 4.45. The van der Waals surface area contributed by atoms with Gasteiger partial charge < -0.3 is 10.2 Å². The van der Waals surface area contributed by atoms with Gasteiger partial charge in [-0.3, -0.25) is 0 Å². The zero-order valence-corrected chi connectivity index (χ0v) is 12.2. The van der Waals surface area contributed by atoms with E-state index in [2.05, 4.69) is 54.7 Å². The summed E-state index contributed by atoms with van der Waals surface area (Å²) in [7, 11) is 0. The molecule has 2 rings (SSSR count). The van der Waals surface area contributed by atoms with Gasteiger partial charge in [0.05, 0.1) is 0 Å². The van der Waals surface area contributed by atoms with Crippen LogP contribution in [0.5, 0.6) is 0 Å². The van der Waals surface area contributed by atoms with Crippen molar-refractivity contribution >= 4 is 17.0 Å². The van der Waals surface area contributed by atoms with Crippen molar-refractivity contribution in [1.82, 2.24) is 5.32 Å². The molecule has 2 atom stereocenters. The van der Waals surface area contributed by atoms with Crippen LogP contribution < -0.4 is 10.2 Å². The lowest BCUT2D eigenvalue weighted by atomic mass is 9.84. The van der Waals surface area contributed by atoms with Crippen LogP contribution in [-0.2, 0) is 0 Å². The molecule has 0 bridgehead atoms. The van der Waals surface area contributed by atoms with Crippen LogP contribution >= 0.6 is 11.3 Å². The standard InChI is InChI=1S/C14H24N2S/c1-5-11-8-15-13(14(2,3)4)9-16(11)12-6-7-17-10-12/h6-7,10-11,13,15H,5,8-9H2,1-4H3. The number of anilines is 1. The third-order valence-electron chi connectivity index (χ3n) is 3.77. The second-order valence-corrected chi connectivity index (χ2v) is 6.80. The van der Waals surface area contributed by atoms with E-state index >= 15 is 0 Å². The van der Waals surface area contributed by atoms with Crippen LogP contribution in [0.3, 0.4) is 0 Å². The van der Waals surface area contributed by atoms with E-state index in [9.17, 15) is 0 Å². The summed E-state index contributed by atoms with van der Waals surface area (Å²) >= 11 is 1.79. The van der Waals surface area contributed by atoms with Gasteiger partial charge in [-0.1, -0.05) is 27.7 Å². The fourth-order valence-electron chi connectivity index (χ4n) is 2.48. The molecule has 96 valence electrons. The zero-order valence-electron chi connectivity index (χ0n) is 11.4. The molecule has 2 nitrogen and oxygen atoms in total. The number of thiophene rings is 1. The maximum atomic E-state index is 3.71. The van der Waals surface area contributed by atoms with E-state index in [0.29, 0.717) is 17.5 Å². The Morgan fingerprint density at radius 2 is 2.24 bits per heavy atom. The van der Waals surface area contributed by atoms with Crippen molar-refractivity contribution in [2.45, 2.75) is 46.2 Å². The van der Waals surface area contributed by atoms with Crippen molar-refractivity contribution in [1.29, 1.82) is 0 Å². The first kappa shape index (κ1) is 12.9. The molecule has 1 N–H and O–H groups in total. The highest BCUT2D eigenvalue weighted by Crippen LogP contribution is 2.29. The van der Waals surface area contributed by atoms with Gasteiger partial charge >= 0.3 is 0 Å². The molecule has 0 radical (unpaired) electrons. The Morgan fingerprint density at radius 3 is 2.76 bits per heavy atom. The highest BCUT2D eigenvalue weighted by atomic mass is 32.1. The van der Waals surface area contributed by atoms with Crippen LogP contribution in [0.1, 0.15) is 34.1 Å². The Labute approximate surface area is 109 Å². The molecule has 3 heteroatoms. The van der Waals surface area contributed by atoms with Gasteiger partial charge in [0.15, 0.2) is 0 Å². The lowest BCUT2D eigenvalue weighted by molar-refractivity contribution is 0.234. The summed E-state index contributed by atoms with van der Waals surface area (Å²) in [5, 5.41) is 8.16. The Kier molecular flexibility index (Phi) is 3.79. The summed E-state index contributed by atoms with van der Waals surface area (Å²) in [5.41, 5.74) is 1.73. The van der Waals surface area contributed by atoms with Crippen LogP contribution in [0.25, 0.3) is 0 Å². The molecule has 0 amide bonds. The highest BCUT2D eigenvalue weighted by molar-refractivity contribution is 7.08. The summed E-state index contributed by atoms with van der Waals surface area (Å²) in [4.78, 5) is 2.59. The van der Waals surface area contributed by atoms with E-state index in [4.69, 9.17) is 0 Å². The maximum Gasteiger partial charge on any atom is 0.0478 e. The normalized spacial score (nSPS) is 26.2. The molecule has 1 saturated heterocycles. The molecule has 17 heavy (non-hydrogen) atoms. The van der Waals surface area contributed by atoms with Crippen LogP contribution in [0.4, 0.5) is 5.69 Å². The third kappa shape index (κ3) is 2.83. The Balaban J connectivity index is 2.15. The number of hydrogen-bond acceptors (Lipinski definition) is 3. The van der Waals surface area contributed by atoms with E-state index in [1.165, 1.54) is 12.1 Å². The minimum absolute atomic E-state index is 0.326. The van der Waals surface area contributed by atoms with Crippen LogP contribution in [0.15, 0.2) is 16.8 Å². The first-order valence-corrected chi connectivity index (χ1v) is 7.49. The summed E-state index contributed by atoms with van der Waals surface area (Å²) in [6, 6.07) is 3.46. The number of nitrogens with one attached hydrogen (secondary N) is 1. The predicted molar refractivity (Wildman–Crippen MR) is 77.0 cm³/mol. The lowest BCUT2D eigenvalue weighted by Gasteiger charge is -2.45. The van der Waals surface area contributed by atoms with Crippen molar-refractivity contribution in [2.75, 3.05) is 18.0 Å². The average molecular weight is 252 g/mol. The molecule has 1 aromatic heterocycles. The van der Waals surface area contributed by atoms with E-state index in [1.807, 2.05) is 0 Å². The van der Waals surface area contributed by atoms with Crippen LogP contribution in [0, 0.1) is 5.41 Å². The minimum atomic E-state index is 0.326. The van der Waals surface area contributed by atoms with E-state index < -0.39 is 0 Å². The largest absolute Gasteiger partial charge is 0.365 e. The zero-order chi connectivity index (χ0) is 12.5. The summed E-state index contributed by atoms with van der Waals surface area (Å²) in [6.07, 6.45) is 1.21. The second-order valence-electron chi connectivity index (χ2n) is 6.02. The Hall–Kier alpha value is -0.540. The smallest absolute Gasteiger partial charge is 0.0478 e. The summed E-state index contributed by atoms with van der Waals surface area (Å²) in [5.74, 6) is 0. The molecule has 2 heterocycles.